The van der Waals surface area contributed by atoms with Crippen molar-refractivity contribution < 1.29 is 0 Å². The van der Waals surface area contributed by atoms with E-state index in [-0.39, 0.29) is 5.95 Å². The molecule has 1 aromatic heterocycles. The Labute approximate surface area is 114 Å². The molecule has 0 saturated carbocycles. The average Bonchev–Trinajstić information content (AvgIpc) is 2.38. The largest absolute Gasteiger partial charge is 0.368 e. The second-order valence-electron chi connectivity index (χ2n) is 5.09. The van der Waals surface area contributed by atoms with E-state index in [1.54, 1.807) is 0 Å². The molecule has 1 atom stereocenters. The number of hydrogen-bond donors (Lipinski definition) is 2. The van der Waals surface area contributed by atoms with Crippen molar-refractivity contribution in [3.63, 3.8) is 0 Å². The first kappa shape index (κ1) is 13.8. The Morgan fingerprint density at radius 1 is 1.37 bits per heavy atom. The number of nitrogens with two attached hydrogens (primary N) is 1. The lowest BCUT2D eigenvalue weighted by molar-refractivity contribution is 0.226. The SMILES string of the molecule is CCN1CCCC(Nc2nc(N)nc(N(C)C)n2)C1. The van der Waals surface area contributed by atoms with Gasteiger partial charge >= 0.3 is 0 Å². The van der Waals surface area contributed by atoms with Gasteiger partial charge in [0.15, 0.2) is 0 Å². The third-order valence-corrected chi connectivity index (χ3v) is 3.33. The molecule has 1 aliphatic rings. The van der Waals surface area contributed by atoms with Crippen LogP contribution >= 0.6 is 0 Å². The summed E-state index contributed by atoms with van der Waals surface area (Å²) >= 11 is 0. The zero-order valence-corrected chi connectivity index (χ0v) is 11.9. The van der Waals surface area contributed by atoms with Crippen molar-refractivity contribution in [2.75, 3.05) is 49.7 Å². The van der Waals surface area contributed by atoms with E-state index in [1.807, 2.05) is 19.0 Å². The van der Waals surface area contributed by atoms with Gasteiger partial charge in [-0.3, -0.25) is 0 Å². The number of nitrogens with one attached hydrogen (secondary N) is 1. The van der Waals surface area contributed by atoms with Crippen LogP contribution in [0.2, 0.25) is 0 Å². The maximum atomic E-state index is 5.72. The summed E-state index contributed by atoms with van der Waals surface area (Å²) < 4.78 is 0. The molecule has 0 spiro atoms. The predicted molar refractivity (Wildman–Crippen MR) is 77.3 cm³/mol. The van der Waals surface area contributed by atoms with Crippen LogP contribution in [-0.2, 0) is 0 Å². The third-order valence-electron chi connectivity index (χ3n) is 3.33. The summed E-state index contributed by atoms with van der Waals surface area (Å²) in [4.78, 5) is 16.9. The lowest BCUT2D eigenvalue weighted by Gasteiger charge is -2.32. The highest BCUT2D eigenvalue weighted by molar-refractivity contribution is 5.41. The van der Waals surface area contributed by atoms with Crippen LogP contribution in [0.4, 0.5) is 17.8 Å². The van der Waals surface area contributed by atoms with Gasteiger partial charge in [-0.2, -0.15) is 15.0 Å². The van der Waals surface area contributed by atoms with Crippen molar-refractivity contribution in [3.05, 3.63) is 0 Å². The number of hydrogen-bond acceptors (Lipinski definition) is 7. The molecule has 7 nitrogen and oxygen atoms in total. The van der Waals surface area contributed by atoms with Crippen LogP contribution in [0.5, 0.6) is 0 Å². The number of likely N-dealkylation sites (N-methyl/N-ethyl adjacent to an activating group) is 1. The molecule has 0 radical (unpaired) electrons. The quantitative estimate of drug-likeness (QED) is 0.816. The van der Waals surface area contributed by atoms with Gasteiger partial charge in [0, 0.05) is 26.7 Å². The number of rotatable bonds is 4. The van der Waals surface area contributed by atoms with E-state index >= 15 is 0 Å². The first-order valence-corrected chi connectivity index (χ1v) is 6.76. The van der Waals surface area contributed by atoms with Crippen molar-refractivity contribution in [2.24, 2.45) is 0 Å². The number of aromatic nitrogens is 3. The molecule has 2 heterocycles. The fraction of sp³-hybridized carbons (Fsp3) is 0.750. The van der Waals surface area contributed by atoms with Crippen molar-refractivity contribution in [2.45, 2.75) is 25.8 Å². The van der Waals surface area contributed by atoms with Crippen molar-refractivity contribution >= 4 is 17.8 Å². The minimum absolute atomic E-state index is 0.254. The Hall–Kier alpha value is -1.63. The van der Waals surface area contributed by atoms with Crippen LogP contribution in [0, 0.1) is 0 Å². The van der Waals surface area contributed by atoms with Crippen molar-refractivity contribution in [1.82, 2.24) is 19.9 Å². The van der Waals surface area contributed by atoms with Gasteiger partial charge in [-0.1, -0.05) is 6.92 Å². The molecular formula is C12H23N7. The maximum absolute atomic E-state index is 5.72. The molecular weight excluding hydrogens is 242 g/mol. The summed E-state index contributed by atoms with van der Waals surface area (Å²) in [5.74, 6) is 1.40. The number of nitrogen functional groups attached to an aromatic ring is 1. The molecule has 3 N–H and O–H groups in total. The van der Waals surface area contributed by atoms with Crippen LogP contribution in [0.1, 0.15) is 19.8 Å². The summed E-state index contributed by atoms with van der Waals surface area (Å²) in [6.07, 6.45) is 2.34. The third kappa shape index (κ3) is 3.66. The van der Waals surface area contributed by atoms with Crippen LogP contribution < -0.4 is 16.0 Å². The van der Waals surface area contributed by atoms with E-state index < -0.39 is 0 Å². The van der Waals surface area contributed by atoms with Gasteiger partial charge in [0.25, 0.3) is 0 Å². The molecule has 0 bridgehead atoms. The fourth-order valence-corrected chi connectivity index (χ4v) is 2.29. The Morgan fingerprint density at radius 3 is 2.84 bits per heavy atom. The Morgan fingerprint density at radius 2 is 2.16 bits per heavy atom. The van der Waals surface area contributed by atoms with E-state index in [0.29, 0.717) is 17.9 Å². The molecule has 0 amide bonds. The topological polar surface area (TPSA) is 83.2 Å². The Bertz CT molecular complexity index is 421. The molecule has 2 rings (SSSR count). The monoisotopic (exact) mass is 265 g/mol. The molecule has 1 aromatic rings. The highest BCUT2D eigenvalue weighted by atomic mass is 15.3. The second kappa shape index (κ2) is 6.01. The summed E-state index contributed by atoms with van der Waals surface area (Å²) in [6, 6.07) is 0.380. The highest BCUT2D eigenvalue weighted by Gasteiger charge is 2.19. The molecule has 106 valence electrons. The fourth-order valence-electron chi connectivity index (χ4n) is 2.29. The lowest BCUT2D eigenvalue weighted by atomic mass is 10.1. The summed E-state index contributed by atoms with van der Waals surface area (Å²) in [6.45, 7) is 5.48. The number of anilines is 3. The zero-order chi connectivity index (χ0) is 13.8. The van der Waals surface area contributed by atoms with Gasteiger partial charge in [0.2, 0.25) is 17.8 Å². The van der Waals surface area contributed by atoms with Crippen molar-refractivity contribution in [1.29, 1.82) is 0 Å². The number of likely N-dealkylation sites (tertiary alicyclic amines) is 1. The predicted octanol–water partition coefficient (Wildman–Crippen LogP) is 0.416. The maximum Gasteiger partial charge on any atom is 0.231 e. The number of piperidine rings is 1. The van der Waals surface area contributed by atoms with E-state index in [9.17, 15) is 0 Å². The second-order valence-corrected chi connectivity index (χ2v) is 5.09. The Balaban J connectivity index is 2.06. The standard InChI is InChI=1S/C12H23N7/c1-4-19-7-5-6-9(8-19)14-11-15-10(13)16-12(17-11)18(2)3/h9H,4-8H2,1-3H3,(H3,13,14,15,16,17). The van der Waals surface area contributed by atoms with Gasteiger partial charge in [0.05, 0.1) is 0 Å². The van der Waals surface area contributed by atoms with E-state index in [2.05, 4.69) is 32.1 Å². The molecule has 7 heteroatoms. The first-order valence-electron chi connectivity index (χ1n) is 6.76. The van der Waals surface area contributed by atoms with Crippen LogP contribution in [-0.4, -0.2) is 59.6 Å². The normalized spacial score (nSPS) is 20.3. The van der Waals surface area contributed by atoms with Crippen molar-refractivity contribution in [3.8, 4) is 0 Å². The zero-order valence-electron chi connectivity index (χ0n) is 11.9. The summed E-state index contributed by atoms with van der Waals surface area (Å²) in [5, 5.41) is 3.37. The lowest BCUT2D eigenvalue weighted by Crippen LogP contribution is -2.42. The highest BCUT2D eigenvalue weighted by Crippen LogP contribution is 2.15. The molecule has 1 saturated heterocycles. The van der Waals surface area contributed by atoms with Gasteiger partial charge in [0.1, 0.15) is 0 Å². The smallest absolute Gasteiger partial charge is 0.231 e. The van der Waals surface area contributed by atoms with E-state index in [0.717, 1.165) is 19.5 Å². The molecule has 19 heavy (non-hydrogen) atoms. The van der Waals surface area contributed by atoms with Gasteiger partial charge in [-0.15, -0.1) is 0 Å². The summed E-state index contributed by atoms with van der Waals surface area (Å²) in [7, 11) is 3.77. The molecule has 1 fully saturated rings. The van der Waals surface area contributed by atoms with Gasteiger partial charge in [-0.25, -0.2) is 0 Å². The molecule has 0 aromatic carbocycles. The first-order chi connectivity index (χ1) is 9.08. The van der Waals surface area contributed by atoms with Crippen LogP contribution in [0.15, 0.2) is 0 Å². The van der Waals surface area contributed by atoms with Gasteiger partial charge in [-0.05, 0) is 25.9 Å². The number of nitrogens with zero attached hydrogens (tertiary/aromatic N) is 5. The molecule has 1 aliphatic heterocycles. The Kier molecular flexibility index (Phi) is 4.36. The van der Waals surface area contributed by atoms with E-state index in [1.165, 1.54) is 13.0 Å². The van der Waals surface area contributed by atoms with E-state index in [4.69, 9.17) is 5.73 Å². The van der Waals surface area contributed by atoms with Crippen LogP contribution in [0.3, 0.4) is 0 Å². The van der Waals surface area contributed by atoms with Gasteiger partial charge < -0.3 is 20.9 Å². The minimum Gasteiger partial charge on any atom is -0.368 e. The van der Waals surface area contributed by atoms with Crippen LogP contribution in [0.25, 0.3) is 0 Å². The average molecular weight is 265 g/mol. The molecule has 0 aliphatic carbocycles. The molecule has 1 unspecified atom stereocenters. The summed E-state index contributed by atoms with van der Waals surface area (Å²) in [5.41, 5.74) is 5.72. The minimum atomic E-state index is 0.254.